The fourth-order valence-electron chi connectivity index (χ4n) is 4.41. The molecular weight excluding hydrogens is 413 g/mol. The Morgan fingerprint density at radius 1 is 1.26 bits per heavy atom. The highest BCUT2D eigenvalue weighted by atomic mass is 19.4. The van der Waals surface area contributed by atoms with E-state index < -0.39 is 29.9 Å². The average molecular weight is 434 g/mol. The molecule has 4 rings (SSSR count). The van der Waals surface area contributed by atoms with E-state index >= 15 is 0 Å². The number of nitrogens with zero attached hydrogens (tertiary/aromatic N) is 3. The third-order valence-corrected chi connectivity index (χ3v) is 6.01. The highest BCUT2D eigenvalue weighted by Gasteiger charge is 2.39. The molecule has 3 N–H and O–H groups in total. The van der Waals surface area contributed by atoms with Gasteiger partial charge in [-0.05, 0) is 44.2 Å². The molecule has 1 aliphatic carbocycles. The second-order valence-electron chi connectivity index (χ2n) is 7.93. The van der Waals surface area contributed by atoms with Gasteiger partial charge in [-0.25, -0.2) is 9.78 Å². The van der Waals surface area contributed by atoms with Gasteiger partial charge < -0.3 is 10.3 Å². The fraction of sp³-hybridized carbons (Fsp3) is 0.500. The maximum atomic E-state index is 13.0. The standard InChI is InChI=1S/C20H21F3N6O2/c21-20(22,23)15(5-7-24)26-9-11-1-3-12(4-2-11)29-16-13-6-8-25-17(13)27-10-14(16)18(30)28-19(29)31/h6,8,10-12,15,26H,1-5,9H2,(H,25,27)(H,28,30,31)/t11-,12-,15-/m1/s1. The molecule has 0 spiro atoms. The summed E-state index contributed by atoms with van der Waals surface area (Å²) < 4.78 is 40.5. The van der Waals surface area contributed by atoms with Crippen LogP contribution in [0.3, 0.4) is 0 Å². The largest absolute Gasteiger partial charge is 0.404 e. The zero-order valence-electron chi connectivity index (χ0n) is 16.5. The monoisotopic (exact) mass is 434 g/mol. The molecule has 31 heavy (non-hydrogen) atoms. The van der Waals surface area contributed by atoms with Gasteiger partial charge in [-0.1, -0.05) is 0 Å². The first-order valence-electron chi connectivity index (χ1n) is 10.1. The number of alkyl halides is 3. The van der Waals surface area contributed by atoms with Crippen molar-refractivity contribution in [2.24, 2.45) is 5.92 Å². The van der Waals surface area contributed by atoms with Crippen molar-refractivity contribution in [2.75, 3.05) is 6.54 Å². The van der Waals surface area contributed by atoms with Crippen LogP contribution in [0.25, 0.3) is 21.9 Å². The minimum atomic E-state index is -4.47. The van der Waals surface area contributed by atoms with E-state index in [1.807, 2.05) is 0 Å². The Morgan fingerprint density at radius 3 is 2.68 bits per heavy atom. The molecule has 1 saturated carbocycles. The van der Waals surface area contributed by atoms with Crippen LogP contribution >= 0.6 is 0 Å². The number of fused-ring (bicyclic) bond motifs is 3. The number of aromatic amines is 2. The highest BCUT2D eigenvalue weighted by molar-refractivity contribution is 6.01. The van der Waals surface area contributed by atoms with Crippen LogP contribution < -0.4 is 16.6 Å². The van der Waals surface area contributed by atoms with Crippen molar-refractivity contribution in [3.05, 3.63) is 39.3 Å². The molecule has 0 amide bonds. The summed E-state index contributed by atoms with van der Waals surface area (Å²) in [5.41, 5.74) is 0.0897. The zero-order chi connectivity index (χ0) is 22.2. The van der Waals surface area contributed by atoms with Crippen LogP contribution in [0.2, 0.25) is 0 Å². The number of aromatic nitrogens is 4. The summed E-state index contributed by atoms with van der Waals surface area (Å²) in [5, 5.41) is 12.1. The lowest BCUT2D eigenvalue weighted by Gasteiger charge is -2.31. The molecule has 0 aliphatic heterocycles. The predicted molar refractivity (Wildman–Crippen MR) is 108 cm³/mol. The first kappa shape index (κ1) is 21.1. The maximum absolute atomic E-state index is 13.0. The van der Waals surface area contributed by atoms with Crippen molar-refractivity contribution in [3.63, 3.8) is 0 Å². The molecule has 0 bridgehead atoms. The normalized spacial score (nSPS) is 20.7. The van der Waals surface area contributed by atoms with Crippen molar-refractivity contribution in [3.8, 4) is 6.07 Å². The number of pyridine rings is 1. The Morgan fingerprint density at radius 2 is 2.00 bits per heavy atom. The molecule has 3 aromatic heterocycles. The van der Waals surface area contributed by atoms with Crippen LogP contribution in [-0.2, 0) is 0 Å². The van der Waals surface area contributed by atoms with Gasteiger partial charge in [0.15, 0.2) is 0 Å². The van der Waals surface area contributed by atoms with Gasteiger partial charge in [-0.15, -0.1) is 0 Å². The topological polar surface area (TPSA) is 119 Å². The Labute approximate surface area is 174 Å². The SMILES string of the molecule is N#CC[C@@H](NC[C@H]1CC[C@H](n2c(=O)[nH]c(=O)c3cnc4[nH]ccc4c32)CC1)C(F)(F)F. The molecule has 0 radical (unpaired) electrons. The van der Waals surface area contributed by atoms with Gasteiger partial charge >= 0.3 is 11.9 Å². The fourth-order valence-corrected chi connectivity index (χ4v) is 4.41. The van der Waals surface area contributed by atoms with Gasteiger partial charge in [0.1, 0.15) is 11.7 Å². The minimum absolute atomic E-state index is 0.0125. The molecule has 1 aliphatic rings. The molecule has 0 aromatic carbocycles. The molecule has 8 nitrogen and oxygen atoms in total. The lowest BCUT2D eigenvalue weighted by molar-refractivity contribution is -0.155. The summed E-state index contributed by atoms with van der Waals surface area (Å²) in [5.74, 6) is 0.0125. The summed E-state index contributed by atoms with van der Waals surface area (Å²) in [6, 6.07) is 1.32. The van der Waals surface area contributed by atoms with Crippen LogP contribution in [0.15, 0.2) is 28.0 Å². The van der Waals surface area contributed by atoms with Crippen LogP contribution in [-0.4, -0.2) is 38.3 Å². The van der Waals surface area contributed by atoms with Gasteiger partial charge in [0.2, 0.25) is 0 Å². The van der Waals surface area contributed by atoms with Gasteiger partial charge in [0, 0.05) is 23.8 Å². The number of nitriles is 1. The third kappa shape index (κ3) is 4.07. The first-order valence-corrected chi connectivity index (χ1v) is 10.1. The molecule has 11 heteroatoms. The van der Waals surface area contributed by atoms with Crippen molar-refractivity contribution < 1.29 is 13.2 Å². The Balaban J connectivity index is 1.55. The number of hydrogen-bond acceptors (Lipinski definition) is 5. The highest BCUT2D eigenvalue weighted by Crippen LogP contribution is 2.34. The number of halogens is 3. The molecule has 3 heterocycles. The Bertz CT molecular complexity index is 1240. The Hall–Kier alpha value is -3.13. The van der Waals surface area contributed by atoms with Gasteiger partial charge in [0.05, 0.1) is 23.4 Å². The molecule has 0 unspecified atom stereocenters. The third-order valence-electron chi connectivity index (χ3n) is 6.01. The van der Waals surface area contributed by atoms with Gasteiger partial charge in [0.25, 0.3) is 5.56 Å². The predicted octanol–water partition coefficient (Wildman–Crippen LogP) is 2.73. The summed E-state index contributed by atoms with van der Waals surface area (Å²) >= 11 is 0. The van der Waals surface area contributed by atoms with Crippen molar-refractivity contribution >= 4 is 21.9 Å². The van der Waals surface area contributed by atoms with E-state index in [9.17, 15) is 22.8 Å². The molecule has 1 fully saturated rings. The van der Waals surface area contributed by atoms with E-state index in [1.165, 1.54) is 6.20 Å². The van der Waals surface area contributed by atoms with E-state index in [2.05, 4.69) is 20.3 Å². The smallest absolute Gasteiger partial charge is 0.346 e. The van der Waals surface area contributed by atoms with Crippen molar-refractivity contribution in [1.29, 1.82) is 5.26 Å². The summed E-state index contributed by atoms with van der Waals surface area (Å²) in [4.78, 5) is 34.5. The van der Waals surface area contributed by atoms with Crippen LogP contribution in [0.5, 0.6) is 0 Å². The molecule has 1 atom stereocenters. The van der Waals surface area contributed by atoms with Gasteiger partial charge in [-0.2, -0.15) is 18.4 Å². The summed E-state index contributed by atoms with van der Waals surface area (Å²) in [7, 11) is 0. The van der Waals surface area contributed by atoms with E-state index in [1.54, 1.807) is 22.9 Å². The van der Waals surface area contributed by atoms with E-state index in [0.717, 1.165) is 0 Å². The van der Waals surface area contributed by atoms with E-state index in [-0.39, 0.29) is 18.5 Å². The van der Waals surface area contributed by atoms with Crippen molar-refractivity contribution in [1.82, 2.24) is 24.8 Å². The lowest BCUT2D eigenvalue weighted by Crippen LogP contribution is -2.44. The van der Waals surface area contributed by atoms with Crippen LogP contribution in [0.4, 0.5) is 13.2 Å². The average Bonchev–Trinajstić information content (AvgIpc) is 3.20. The second kappa shape index (κ2) is 8.19. The second-order valence-corrected chi connectivity index (χ2v) is 7.93. The van der Waals surface area contributed by atoms with E-state index in [4.69, 9.17) is 5.26 Å². The van der Waals surface area contributed by atoms with Crippen LogP contribution in [0.1, 0.15) is 38.1 Å². The maximum Gasteiger partial charge on any atom is 0.404 e. The molecule has 0 saturated heterocycles. The quantitative estimate of drug-likeness (QED) is 0.571. The first-order chi connectivity index (χ1) is 14.8. The lowest BCUT2D eigenvalue weighted by atomic mass is 9.85. The van der Waals surface area contributed by atoms with E-state index in [0.29, 0.717) is 47.6 Å². The van der Waals surface area contributed by atoms with Gasteiger partial charge in [-0.3, -0.25) is 14.3 Å². The molecule has 164 valence electrons. The number of nitrogens with one attached hydrogen (secondary N) is 3. The number of rotatable bonds is 5. The minimum Gasteiger partial charge on any atom is -0.346 e. The Kier molecular flexibility index (Phi) is 5.58. The van der Waals surface area contributed by atoms with Crippen LogP contribution in [0, 0.1) is 17.2 Å². The number of hydrogen-bond donors (Lipinski definition) is 3. The van der Waals surface area contributed by atoms with Crippen molar-refractivity contribution in [2.45, 2.75) is 50.4 Å². The zero-order valence-corrected chi connectivity index (χ0v) is 16.5. The molecule has 3 aromatic rings. The number of H-pyrrole nitrogens is 2. The summed E-state index contributed by atoms with van der Waals surface area (Å²) in [6.45, 7) is 0.159. The molecular formula is C20H21F3N6O2. The summed E-state index contributed by atoms with van der Waals surface area (Å²) in [6.07, 6.45) is 0.474.